The van der Waals surface area contributed by atoms with Crippen LogP contribution >= 0.6 is 0 Å². The van der Waals surface area contributed by atoms with Gasteiger partial charge in [0.2, 0.25) is 15.9 Å². The second kappa shape index (κ2) is 7.09. The van der Waals surface area contributed by atoms with E-state index in [9.17, 15) is 13.2 Å². The molecule has 0 aliphatic carbocycles. The second-order valence-electron chi connectivity index (χ2n) is 6.57. The molecule has 0 atom stereocenters. The Kier molecular flexibility index (Phi) is 5.02. The third-order valence-electron chi connectivity index (χ3n) is 4.72. The maximum Gasteiger partial charge on any atom is 0.249 e. The van der Waals surface area contributed by atoms with Gasteiger partial charge in [0, 0.05) is 37.4 Å². The molecule has 1 aliphatic rings. The molecular formula is C19H23N3O3S. The summed E-state index contributed by atoms with van der Waals surface area (Å²) in [6.45, 7) is 5.82. The van der Waals surface area contributed by atoms with Crippen LogP contribution in [0.25, 0.3) is 0 Å². The monoisotopic (exact) mass is 373 g/mol. The maximum absolute atomic E-state index is 12.9. The van der Waals surface area contributed by atoms with Gasteiger partial charge in [0.25, 0.3) is 0 Å². The van der Waals surface area contributed by atoms with E-state index in [1.165, 1.54) is 22.0 Å². The molecule has 2 N–H and O–H groups in total. The van der Waals surface area contributed by atoms with Crippen LogP contribution in [0.1, 0.15) is 21.5 Å². The van der Waals surface area contributed by atoms with Crippen LogP contribution in [0.4, 0.5) is 5.69 Å². The van der Waals surface area contributed by atoms with Crippen LogP contribution in [0, 0.1) is 13.8 Å². The summed E-state index contributed by atoms with van der Waals surface area (Å²) in [4.78, 5) is 13.8. The Hall–Kier alpha value is -2.38. The highest BCUT2D eigenvalue weighted by Crippen LogP contribution is 2.23. The molecule has 0 saturated carbocycles. The van der Waals surface area contributed by atoms with E-state index in [4.69, 9.17) is 5.73 Å². The second-order valence-corrected chi connectivity index (χ2v) is 8.51. The Balaban J connectivity index is 1.78. The molecule has 0 unspecified atom stereocenters. The van der Waals surface area contributed by atoms with Crippen LogP contribution in [-0.4, -0.2) is 44.8 Å². The van der Waals surface area contributed by atoms with E-state index >= 15 is 0 Å². The topological polar surface area (TPSA) is 83.7 Å². The fraction of sp³-hybridized carbons (Fsp3) is 0.316. The number of piperazine rings is 1. The summed E-state index contributed by atoms with van der Waals surface area (Å²) >= 11 is 0. The summed E-state index contributed by atoms with van der Waals surface area (Å²) in [5.41, 5.74) is 8.54. The summed E-state index contributed by atoms with van der Waals surface area (Å²) in [6.07, 6.45) is 0. The van der Waals surface area contributed by atoms with Gasteiger partial charge in [0.1, 0.15) is 0 Å². The van der Waals surface area contributed by atoms with Crippen LogP contribution < -0.4 is 10.6 Å². The molecule has 1 heterocycles. The first-order valence-electron chi connectivity index (χ1n) is 8.51. The summed E-state index contributed by atoms with van der Waals surface area (Å²) in [5.74, 6) is -0.621. The molecule has 138 valence electrons. The van der Waals surface area contributed by atoms with Gasteiger partial charge in [-0.25, -0.2) is 8.42 Å². The Labute approximate surface area is 154 Å². The highest BCUT2D eigenvalue weighted by Gasteiger charge is 2.29. The van der Waals surface area contributed by atoms with Crippen molar-refractivity contribution in [3.8, 4) is 0 Å². The van der Waals surface area contributed by atoms with E-state index in [0.717, 1.165) is 5.69 Å². The smallest absolute Gasteiger partial charge is 0.249 e. The molecule has 0 spiro atoms. The van der Waals surface area contributed by atoms with Crippen molar-refractivity contribution in [1.82, 2.24) is 4.31 Å². The Morgan fingerprint density at radius 2 is 1.69 bits per heavy atom. The Bertz CT molecular complexity index is 933. The number of nitrogens with two attached hydrogens (primary N) is 1. The molecule has 2 aromatic rings. The van der Waals surface area contributed by atoms with Crippen LogP contribution in [0.15, 0.2) is 47.4 Å². The van der Waals surface area contributed by atoms with E-state index in [0.29, 0.717) is 31.7 Å². The predicted octanol–water partition coefficient (Wildman–Crippen LogP) is 1.91. The lowest BCUT2D eigenvalue weighted by molar-refractivity contribution is 0.0999. The van der Waals surface area contributed by atoms with E-state index < -0.39 is 15.9 Å². The normalized spacial score (nSPS) is 15.8. The Morgan fingerprint density at radius 1 is 1.00 bits per heavy atom. The molecule has 1 amide bonds. The summed E-state index contributed by atoms with van der Waals surface area (Å²) in [5, 5.41) is 0. The molecular weight excluding hydrogens is 350 g/mol. The number of hydrogen-bond acceptors (Lipinski definition) is 4. The largest absolute Gasteiger partial charge is 0.369 e. The molecule has 2 aromatic carbocycles. The number of sulfonamides is 1. The number of primary amides is 1. The molecule has 1 aliphatic heterocycles. The van der Waals surface area contributed by atoms with Crippen LogP contribution in [0.3, 0.4) is 0 Å². The van der Waals surface area contributed by atoms with Crippen LogP contribution in [-0.2, 0) is 10.0 Å². The van der Waals surface area contributed by atoms with Gasteiger partial charge in [0.15, 0.2) is 0 Å². The average molecular weight is 373 g/mol. The number of carbonyl (C=O) groups excluding carboxylic acids is 1. The molecule has 0 radical (unpaired) electrons. The van der Waals surface area contributed by atoms with E-state index in [-0.39, 0.29) is 10.5 Å². The molecule has 7 heteroatoms. The molecule has 26 heavy (non-hydrogen) atoms. The summed E-state index contributed by atoms with van der Waals surface area (Å²) < 4.78 is 27.3. The first-order chi connectivity index (χ1) is 12.3. The van der Waals surface area contributed by atoms with Gasteiger partial charge < -0.3 is 10.6 Å². The van der Waals surface area contributed by atoms with Gasteiger partial charge in [-0.15, -0.1) is 0 Å². The molecule has 0 aromatic heterocycles. The number of hydrogen-bond donors (Lipinski definition) is 1. The number of benzene rings is 2. The third kappa shape index (κ3) is 3.59. The van der Waals surface area contributed by atoms with Crippen molar-refractivity contribution in [3.63, 3.8) is 0 Å². The SMILES string of the molecule is Cc1cccc(N2CCN(S(=O)(=O)c3ccc(C)c(C(N)=O)c3)CC2)c1. The lowest BCUT2D eigenvalue weighted by atomic mass is 10.1. The standard InChI is InChI=1S/C19H23N3O3S/c1-14-4-3-5-16(12-14)21-8-10-22(11-9-21)26(24,25)17-7-6-15(2)18(13-17)19(20)23/h3-7,12-13H,8-11H2,1-2H3,(H2,20,23). The van der Waals surface area contributed by atoms with Crippen LogP contribution in [0.2, 0.25) is 0 Å². The number of amides is 1. The average Bonchev–Trinajstić information content (AvgIpc) is 2.62. The van der Waals surface area contributed by atoms with Crippen molar-refractivity contribution in [1.29, 1.82) is 0 Å². The quantitative estimate of drug-likeness (QED) is 0.887. The molecule has 1 fully saturated rings. The fourth-order valence-corrected chi connectivity index (χ4v) is 4.64. The molecule has 1 saturated heterocycles. The third-order valence-corrected chi connectivity index (χ3v) is 6.61. The number of nitrogens with zero attached hydrogens (tertiary/aromatic N) is 2. The number of aryl methyl sites for hydroxylation is 2. The zero-order valence-electron chi connectivity index (χ0n) is 15.0. The fourth-order valence-electron chi connectivity index (χ4n) is 3.19. The van der Waals surface area contributed by atoms with Gasteiger partial charge in [-0.2, -0.15) is 4.31 Å². The lowest BCUT2D eigenvalue weighted by Crippen LogP contribution is -2.48. The van der Waals surface area contributed by atoms with Gasteiger partial charge in [-0.1, -0.05) is 18.2 Å². The van der Waals surface area contributed by atoms with Crippen LogP contribution in [0.5, 0.6) is 0 Å². The first-order valence-corrected chi connectivity index (χ1v) is 9.95. The van der Waals surface area contributed by atoms with Gasteiger partial charge in [-0.3, -0.25) is 4.79 Å². The van der Waals surface area contributed by atoms with Crippen molar-refractivity contribution < 1.29 is 13.2 Å². The summed E-state index contributed by atoms with van der Waals surface area (Å²) in [7, 11) is -3.65. The van der Waals surface area contributed by atoms with Crippen molar-refractivity contribution in [2.75, 3.05) is 31.1 Å². The minimum absolute atomic E-state index is 0.112. The number of anilines is 1. The van der Waals surface area contributed by atoms with Gasteiger partial charge >= 0.3 is 0 Å². The molecule has 3 rings (SSSR count). The first kappa shape index (κ1) is 18.4. The molecule has 0 bridgehead atoms. The Morgan fingerprint density at radius 3 is 2.31 bits per heavy atom. The zero-order chi connectivity index (χ0) is 18.9. The molecule has 6 nitrogen and oxygen atoms in total. The minimum atomic E-state index is -3.65. The van der Waals surface area contributed by atoms with E-state index in [2.05, 4.69) is 11.0 Å². The van der Waals surface area contributed by atoms with E-state index in [1.807, 2.05) is 25.1 Å². The predicted molar refractivity (Wildman–Crippen MR) is 102 cm³/mol. The maximum atomic E-state index is 12.9. The zero-order valence-corrected chi connectivity index (χ0v) is 15.8. The number of carbonyl (C=O) groups is 1. The van der Waals surface area contributed by atoms with Gasteiger partial charge in [-0.05, 0) is 49.2 Å². The minimum Gasteiger partial charge on any atom is -0.369 e. The van der Waals surface area contributed by atoms with E-state index in [1.54, 1.807) is 13.0 Å². The van der Waals surface area contributed by atoms with Gasteiger partial charge in [0.05, 0.1) is 4.90 Å². The summed E-state index contributed by atoms with van der Waals surface area (Å²) in [6, 6.07) is 12.7. The van der Waals surface area contributed by atoms with Crippen molar-refractivity contribution in [2.45, 2.75) is 18.7 Å². The van der Waals surface area contributed by atoms with Crippen molar-refractivity contribution in [3.05, 3.63) is 59.2 Å². The lowest BCUT2D eigenvalue weighted by Gasteiger charge is -2.35. The van der Waals surface area contributed by atoms with Crippen molar-refractivity contribution in [2.24, 2.45) is 5.73 Å². The number of rotatable bonds is 4. The van der Waals surface area contributed by atoms with Crippen molar-refractivity contribution >= 4 is 21.6 Å². The highest BCUT2D eigenvalue weighted by molar-refractivity contribution is 7.89. The highest BCUT2D eigenvalue weighted by atomic mass is 32.2.